The van der Waals surface area contributed by atoms with Crippen LogP contribution >= 0.6 is 0 Å². The molecule has 20 heavy (non-hydrogen) atoms. The molecule has 1 aromatic rings. The zero-order valence-corrected chi connectivity index (χ0v) is 11.6. The Morgan fingerprint density at radius 3 is 2.55 bits per heavy atom. The molecule has 0 aromatic heterocycles. The van der Waals surface area contributed by atoms with Gasteiger partial charge in [0, 0.05) is 13.2 Å². The van der Waals surface area contributed by atoms with Gasteiger partial charge in [-0.3, -0.25) is 0 Å². The number of nitrogens with two attached hydrogens (primary N) is 1. The average Bonchev–Trinajstić information content (AvgIpc) is 2.41. The summed E-state index contributed by atoms with van der Waals surface area (Å²) < 4.78 is 41.4. The van der Waals surface area contributed by atoms with Crippen LogP contribution in [0.15, 0.2) is 23.1 Å². The number of halogens is 1. The molecule has 0 aliphatic carbocycles. The lowest BCUT2D eigenvalue weighted by atomic mass is 9.90. The smallest absolute Gasteiger partial charge is 0.238 e. The summed E-state index contributed by atoms with van der Waals surface area (Å²) in [5.74, 6) is -0.726. The summed E-state index contributed by atoms with van der Waals surface area (Å²) in [6, 6.07) is 3.40. The first-order chi connectivity index (χ1) is 9.36. The van der Waals surface area contributed by atoms with E-state index < -0.39 is 21.4 Å². The van der Waals surface area contributed by atoms with Crippen molar-refractivity contribution in [3.63, 3.8) is 0 Å². The zero-order valence-electron chi connectivity index (χ0n) is 10.8. The molecule has 1 fully saturated rings. The number of aliphatic hydroxyl groups is 1. The van der Waals surface area contributed by atoms with Gasteiger partial charge in [-0.1, -0.05) is 0 Å². The van der Waals surface area contributed by atoms with Crippen molar-refractivity contribution in [1.82, 2.24) is 0 Å². The van der Waals surface area contributed by atoms with Gasteiger partial charge in [-0.15, -0.1) is 0 Å². The molecule has 0 bridgehead atoms. The lowest BCUT2D eigenvalue weighted by molar-refractivity contribution is 0.0378. The van der Waals surface area contributed by atoms with Crippen molar-refractivity contribution in [1.29, 1.82) is 0 Å². The highest BCUT2D eigenvalue weighted by molar-refractivity contribution is 7.89. The van der Waals surface area contributed by atoms with Gasteiger partial charge in [0.25, 0.3) is 0 Å². The third kappa shape index (κ3) is 3.26. The topological polar surface area (TPSA) is 102 Å². The SMILES string of the molecule is NS(=O)(=O)c1ccc(NC2(CO)CCOCC2)c(F)c1. The molecule has 4 N–H and O–H groups in total. The summed E-state index contributed by atoms with van der Waals surface area (Å²) in [7, 11) is -3.93. The lowest BCUT2D eigenvalue weighted by Gasteiger charge is -2.37. The number of hydrogen-bond acceptors (Lipinski definition) is 5. The van der Waals surface area contributed by atoms with Gasteiger partial charge >= 0.3 is 0 Å². The Balaban J connectivity index is 2.25. The van der Waals surface area contributed by atoms with Gasteiger partial charge in [-0.05, 0) is 31.0 Å². The van der Waals surface area contributed by atoms with Crippen molar-refractivity contribution in [2.45, 2.75) is 23.3 Å². The number of anilines is 1. The van der Waals surface area contributed by atoms with E-state index in [1.54, 1.807) is 0 Å². The first kappa shape index (κ1) is 15.2. The number of hydrogen-bond donors (Lipinski definition) is 3. The van der Waals surface area contributed by atoms with Crippen LogP contribution in [-0.4, -0.2) is 38.9 Å². The number of rotatable bonds is 4. The highest BCUT2D eigenvalue weighted by atomic mass is 32.2. The Morgan fingerprint density at radius 2 is 2.05 bits per heavy atom. The minimum Gasteiger partial charge on any atom is -0.394 e. The molecule has 1 heterocycles. The maximum atomic E-state index is 13.9. The highest BCUT2D eigenvalue weighted by Crippen LogP contribution is 2.28. The minimum atomic E-state index is -3.93. The van der Waals surface area contributed by atoms with Gasteiger partial charge in [-0.2, -0.15) is 0 Å². The fourth-order valence-electron chi connectivity index (χ4n) is 2.14. The Bertz CT molecular complexity index is 585. The molecule has 1 aliphatic rings. The molecule has 112 valence electrons. The molecule has 8 heteroatoms. The van der Waals surface area contributed by atoms with E-state index in [4.69, 9.17) is 9.88 Å². The second-order valence-electron chi connectivity index (χ2n) is 4.86. The van der Waals surface area contributed by atoms with Crippen molar-refractivity contribution in [2.75, 3.05) is 25.1 Å². The standard InChI is InChI=1S/C12H17FN2O4S/c13-10-7-9(20(14,17)18)1-2-11(10)15-12(8-16)3-5-19-6-4-12/h1-2,7,15-16H,3-6,8H2,(H2,14,17,18). The van der Waals surface area contributed by atoms with Crippen LogP contribution in [0.2, 0.25) is 0 Å². The van der Waals surface area contributed by atoms with Crippen LogP contribution in [0, 0.1) is 5.82 Å². The van der Waals surface area contributed by atoms with Crippen molar-refractivity contribution in [2.24, 2.45) is 5.14 Å². The van der Waals surface area contributed by atoms with Gasteiger partial charge in [-0.25, -0.2) is 17.9 Å². The Kier molecular flexibility index (Phi) is 4.28. The van der Waals surface area contributed by atoms with E-state index in [-0.39, 0.29) is 17.2 Å². The van der Waals surface area contributed by atoms with Gasteiger partial charge in [0.2, 0.25) is 10.0 Å². The maximum absolute atomic E-state index is 13.9. The second kappa shape index (κ2) is 5.65. The molecular formula is C12H17FN2O4S. The maximum Gasteiger partial charge on any atom is 0.238 e. The van der Waals surface area contributed by atoms with E-state index in [0.717, 1.165) is 6.07 Å². The molecule has 0 atom stereocenters. The fraction of sp³-hybridized carbons (Fsp3) is 0.500. The Hall–Kier alpha value is -1.22. The van der Waals surface area contributed by atoms with Crippen LogP contribution in [0.5, 0.6) is 0 Å². The summed E-state index contributed by atoms with van der Waals surface area (Å²) in [5, 5.41) is 17.4. The second-order valence-corrected chi connectivity index (χ2v) is 6.42. The van der Waals surface area contributed by atoms with Crippen LogP contribution in [-0.2, 0) is 14.8 Å². The van der Waals surface area contributed by atoms with E-state index in [2.05, 4.69) is 5.32 Å². The normalized spacial score (nSPS) is 18.8. The number of primary sulfonamides is 1. The summed E-state index contributed by atoms with van der Waals surface area (Å²) in [5.41, 5.74) is -0.518. The van der Waals surface area contributed by atoms with Crippen LogP contribution < -0.4 is 10.5 Å². The van der Waals surface area contributed by atoms with Crippen LogP contribution in [0.25, 0.3) is 0 Å². The summed E-state index contributed by atoms with van der Waals surface area (Å²) in [4.78, 5) is -0.287. The molecule has 1 saturated heterocycles. The minimum absolute atomic E-state index is 0.133. The number of nitrogens with one attached hydrogen (secondary N) is 1. The van der Waals surface area contributed by atoms with Crippen molar-refractivity contribution in [3.8, 4) is 0 Å². The Labute approximate surface area is 116 Å². The van der Waals surface area contributed by atoms with Crippen LogP contribution in [0.4, 0.5) is 10.1 Å². The quantitative estimate of drug-likeness (QED) is 0.748. The van der Waals surface area contributed by atoms with Gasteiger partial charge in [0.15, 0.2) is 0 Å². The zero-order chi connectivity index (χ0) is 14.8. The third-order valence-corrected chi connectivity index (χ3v) is 4.33. The fourth-order valence-corrected chi connectivity index (χ4v) is 2.67. The number of ether oxygens (including phenoxy) is 1. The van der Waals surface area contributed by atoms with E-state index in [9.17, 15) is 17.9 Å². The molecule has 0 radical (unpaired) electrons. The molecule has 0 amide bonds. The summed E-state index contributed by atoms with van der Waals surface area (Å²) >= 11 is 0. The molecule has 2 rings (SSSR count). The van der Waals surface area contributed by atoms with E-state index in [1.807, 2.05) is 0 Å². The average molecular weight is 304 g/mol. The molecular weight excluding hydrogens is 287 g/mol. The summed E-state index contributed by atoms with van der Waals surface area (Å²) in [6.45, 7) is 0.793. The van der Waals surface area contributed by atoms with Crippen molar-refractivity contribution < 1.29 is 22.7 Å². The predicted molar refractivity (Wildman–Crippen MR) is 71.3 cm³/mol. The molecule has 1 aliphatic heterocycles. The monoisotopic (exact) mass is 304 g/mol. The predicted octanol–water partition coefficient (Wildman–Crippen LogP) is 0.426. The molecule has 1 aromatic carbocycles. The first-order valence-electron chi connectivity index (χ1n) is 6.15. The van der Waals surface area contributed by atoms with Crippen LogP contribution in [0.3, 0.4) is 0 Å². The summed E-state index contributed by atoms with van der Waals surface area (Å²) in [6.07, 6.45) is 1.08. The molecule has 0 unspecified atom stereocenters. The first-order valence-corrected chi connectivity index (χ1v) is 7.70. The largest absolute Gasteiger partial charge is 0.394 e. The van der Waals surface area contributed by atoms with E-state index in [0.29, 0.717) is 26.1 Å². The third-order valence-electron chi connectivity index (χ3n) is 3.42. The molecule has 6 nitrogen and oxygen atoms in total. The van der Waals surface area contributed by atoms with Crippen molar-refractivity contribution >= 4 is 15.7 Å². The molecule has 0 spiro atoms. The van der Waals surface area contributed by atoms with Gasteiger partial charge < -0.3 is 15.2 Å². The highest BCUT2D eigenvalue weighted by Gasteiger charge is 2.32. The van der Waals surface area contributed by atoms with E-state index in [1.165, 1.54) is 12.1 Å². The number of sulfonamides is 1. The molecule has 0 saturated carbocycles. The van der Waals surface area contributed by atoms with Crippen molar-refractivity contribution in [3.05, 3.63) is 24.0 Å². The Morgan fingerprint density at radius 1 is 1.40 bits per heavy atom. The number of aliphatic hydroxyl groups excluding tert-OH is 1. The van der Waals surface area contributed by atoms with Crippen LogP contribution in [0.1, 0.15) is 12.8 Å². The van der Waals surface area contributed by atoms with Gasteiger partial charge in [0.05, 0.1) is 22.7 Å². The van der Waals surface area contributed by atoms with E-state index >= 15 is 0 Å². The number of benzene rings is 1. The van der Waals surface area contributed by atoms with Gasteiger partial charge in [0.1, 0.15) is 5.82 Å². The lowest BCUT2D eigenvalue weighted by Crippen LogP contribution is -2.47.